The van der Waals surface area contributed by atoms with E-state index in [1.807, 2.05) is 13.8 Å². The fourth-order valence-corrected chi connectivity index (χ4v) is 1.29. The summed E-state index contributed by atoms with van der Waals surface area (Å²) in [6, 6.07) is 0. The second kappa shape index (κ2) is 7.19. The minimum absolute atomic E-state index is 0.0543. The molecule has 0 radical (unpaired) electrons. The normalized spacial score (nSPS) is 20.1. The zero-order chi connectivity index (χ0) is 11.9. The Hall–Kier alpha value is -0.200. The highest BCUT2D eigenvalue weighted by atomic mass is 16.6. The molecule has 1 fully saturated rings. The molecule has 1 aliphatic heterocycles. The largest absolute Gasteiger partial charge is 0.394 e. The molecule has 1 atom stereocenters. The van der Waals surface area contributed by atoms with Crippen LogP contribution in [-0.2, 0) is 18.9 Å². The molecule has 0 amide bonds. The van der Waals surface area contributed by atoms with Crippen molar-refractivity contribution in [2.45, 2.75) is 25.6 Å². The summed E-state index contributed by atoms with van der Waals surface area (Å²) in [5.74, 6) is 0. The van der Waals surface area contributed by atoms with Crippen molar-refractivity contribution in [3.63, 3.8) is 0 Å². The highest BCUT2D eigenvalue weighted by molar-refractivity contribution is 4.88. The van der Waals surface area contributed by atoms with Gasteiger partial charge in [0.05, 0.1) is 51.8 Å². The van der Waals surface area contributed by atoms with Crippen molar-refractivity contribution in [3.8, 4) is 0 Å². The summed E-state index contributed by atoms with van der Waals surface area (Å²) in [4.78, 5) is 0. The monoisotopic (exact) mass is 234 g/mol. The molecule has 1 N–H and O–H groups in total. The molecule has 16 heavy (non-hydrogen) atoms. The predicted octanol–water partition coefficient (Wildman–Crippen LogP) is 0.206. The Morgan fingerprint density at radius 1 is 1.12 bits per heavy atom. The Morgan fingerprint density at radius 3 is 2.25 bits per heavy atom. The molecule has 0 aromatic carbocycles. The second-order valence-electron chi connectivity index (χ2n) is 4.22. The molecule has 5 nitrogen and oxygen atoms in total. The van der Waals surface area contributed by atoms with E-state index in [2.05, 4.69) is 0 Å². The molecule has 0 aromatic heterocycles. The maximum Gasteiger partial charge on any atom is 0.109 e. The highest BCUT2D eigenvalue weighted by Crippen LogP contribution is 2.27. The Morgan fingerprint density at radius 2 is 1.69 bits per heavy atom. The number of ether oxygens (including phenoxy) is 4. The molecule has 1 saturated heterocycles. The van der Waals surface area contributed by atoms with Gasteiger partial charge in [0.1, 0.15) is 6.10 Å². The van der Waals surface area contributed by atoms with Crippen LogP contribution in [0.4, 0.5) is 0 Å². The molecule has 1 heterocycles. The maximum atomic E-state index is 8.46. The quantitative estimate of drug-likeness (QED) is 0.432. The molecule has 1 rings (SSSR count). The number of aliphatic hydroxyl groups is 1. The third-order valence-electron chi connectivity index (χ3n) is 2.42. The summed E-state index contributed by atoms with van der Waals surface area (Å²) in [6.07, 6.45) is 0.236. The zero-order valence-electron chi connectivity index (χ0n) is 10.1. The first-order valence-electron chi connectivity index (χ1n) is 5.69. The van der Waals surface area contributed by atoms with Crippen molar-refractivity contribution in [2.24, 2.45) is 0 Å². The van der Waals surface area contributed by atoms with Crippen molar-refractivity contribution in [2.75, 3.05) is 46.2 Å². The van der Waals surface area contributed by atoms with E-state index < -0.39 is 0 Å². The van der Waals surface area contributed by atoms with Gasteiger partial charge in [-0.15, -0.1) is 0 Å². The van der Waals surface area contributed by atoms with E-state index in [0.29, 0.717) is 33.0 Å². The van der Waals surface area contributed by atoms with Crippen LogP contribution in [0.1, 0.15) is 13.8 Å². The van der Waals surface area contributed by atoms with E-state index >= 15 is 0 Å². The number of hydrogen-bond acceptors (Lipinski definition) is 5. The minimum Gasteiger partial charge on any atom is -0.394 e. The van der Waals surface area contributed by atoms with Crippen LogP contribution in [-0.4, -0.2) is 63.1 Å². The Kier molecular flexibility index (Phi) is 6.23. The Balaban J connectivity index is 1.84. The van der Waals surface area contributed by atoms with Crippen molar-refractivity contribution in [3.05, 3.63) is 0 Å². The van der Waals surface area contributed by atoms with Crippen molar-refractivity contribution in [1.82, 2.24) is 0 Å². The fourth-order valence-electron chi connectivity index (χ4n) is 1.29. The lowest BCUT2D eigenvalue weighted by atomic mass is 10.1. The van der Waals surface area contributed by atoms with Gasteiger partial charge in [-0.1, -0.05) is 0 Å². The van der Waals surface area contributed by atoms with Crippen LogP contribution in [0.3, 0.4) is 0 Å². The molecule has 0 aromatic rings. The number of epoxide rings is 1. The topological polar surface area (TPSA) is 60.5 Å². The van der Waals surface area contributed by atoms with Crippen LogP contribution >= 0.6 is 0 Å². The summed E-state index contributed by atoms with van der Waals surface area (Å²) in [7, 11) is 0. The van der Waals surface area contributed by atoms with Crippen molar-refractivity contribution >= 4 is 0 Å². The third kappa shape index (κ3) is 5.77. The van der Waals surface area contributed by atoms with E-state index in [9.17, 15) is 0 Å². The van der Waals surface area contributed by atoms with Crippen LogP contribution in [0, 0.1) is 0 Å². The highest BCUT2D eigenvalue weighted by Gasteiger charge is 2.40. The van der Waals surface area contributed by atoms with Crippen molar-refractivity contribution in [1.29, 1.82) is 0 Å². The van der Waals surface area contributed by atoms with Crippen molar-refractivity contribution < 1.29 is 24.1 Å². The van der Waals surface area contributed by atoms with Gasteiger partial charge in [0, 0.05) is 0 Å². The van der Waals surface area contributed by atoms with Gasteiger partial charge >= 0.3 is 0 Å². The lowest BCUT2D eigenvalue weighted by Crippen LogP contribution is -2.32. The molecule has 5 heteroatoms. The van der Waals surface area contributed by atoms with Crippen LogP contribution in [0.5, 0.6) is 0 Å². The third-order valence-corrected chi connectivity index (χ3v) is 2.42. The molecule has 1 unspecified atom stereocenters. The summed E-state index contributed by atoms with van der Waals surface area (Å²) in [5.41, 5.74) is -0.212. The van der Waals surface area contributed by atoms with E-state index in [4.69, 9.17) is 24.1 Å². The van der Waals surface area contributed by atoms with E-state index in [1.165, 1.54) is 0 Å². The molecule has 0 aliphatic carbocycles. The first-order valence-corrected chi connectivity index (χ1v) is 5.69. The summed E-state index contributed by atoms with van der Waals surface area (Å²) < 4.78 is 21.2. The van der Waals surface area contributed by atoms with E-state index in [-0.39, 0.29) is 18.3 Å². The van der Waals surface area contributed by atoms with Gasteiger partial charge in [-0.25, -0.2) is 0 Å². The van der Waals surface area contributed by atoms with Gasteiger partial charge in [0.2, 0.25) is 0 Å². The molecule has 96 valence electrons. The smallest absolute Gasteiger partial charge is 0.109 e. The maximum absolute atomic E-state index is 8.46. The Labute approximate surface area is 96.6 Å². The molecular weight excluding hydrogens is 212 g/mol. The van der Waals surface area contributed by atoms with Gasteiger partial charge in [-0.3, -0.25) is 0 Å². The van der Waals surface area contributed by atoms with Crippen LogP contribution in [0.15, 0.2) is 0 Å². The second-order valence-corrected chi connectivity index (χ2v) is 4.22. The zero-order valence-corrected chi connectivity index (χ0v) is 10.1. The summed E-state index contributed by atoms with van der Waals surface area (Å²) >= 11 is 0. The molecule has 0 bridgehead atoms. The van der Waals surface area contributed by atoms with Crippen LogP contribution in [0.2, 0.25) is 0 Å². The lowest BCUT2D eigenvalue weighted by molar-refractivity contribution is -0.0648. The van der Waals surface area contributed by atoms with Gasteiger partial charge in [-0.05, 0) is 13.8 Å². The minimum atomic E-state index is -0.212. The number of aliphatic hydroxyl groups excluding tert-OH is 1. The first kappa shape index (κ1) is 13.9. The number of rotatable bonds is 10. The predicted molar refractivity (Wildman–Crippen MR) is 58.5 cm³/mol. The van der Waals surface area contributed by atoms with Gasteiger partial charge in [0.25, 0.3) is 0 Å². The molecule has 0 saturated carbocycles. The average Bonchev–Trinajstić information content (AvgIpc) is 3.05. The number of hydrogen-bond donors (Lipinski definition) is 1. The Bertz CT molecular complexity index is 179. The van der Waals surface area contributed by atoms with Gasteiger partial charge in [0.15, 0.2) is 0 Å². The molecule has 0 spiro atoms. The van der Waals surface area contributed by atoms with Crippen LogP contribution < -0.4 is 0 Å². The standard InChI is InChI=1S/C11H22O5/c1-11(2,10-9-15-10)16-8-7-14-6-5-13-4-3-12/h10,12H,3-9H2,1-2H3. The van der Waals surface area contributed by atoms with Crippen LogP contribution in [0.25, 0.3) is 0 Å². The van der Waals surface area contributed by atoms with E-state index in [0.717, 1.165) is 6.61 Å². The summed E-state index contributed by atoms with van der Waals surface area (Å²) in [5, 5.41) is 8.46. The fraction of sp³-hybridized carbons (Fsp3) is 1.00. The summed E-state index contributed by atoms with van der Waals surface area (Å²) in [6.45, 7) is 7.42. The average molecular weight is 234 g/mol. The molecule has 1 aliphatic rings. The molecular formula is C11H22O5. The van der Waals surface area contributed by atoms with E-state index in [1.54, 1.807) is 0 Å². The van der Waals surface area contributed by atoms with Gasteiger partial charge in [-0.2, -0.15) is 0 Å². The SMILES string of the molecule is CC(C)(OCCOCCOCCO)C1CO1. The lowest BCUT2D eigenvalue weighted by Gasteiger charge is -2.22. The first-order chi connectivity index (χ1) is 7.67. The van der Waals surface area contributed by atoms with Gasteiger partial charge < -0.3 is 24.1 Å².